The summed E-state index contributed by atoms with van der Waals surface area (Å²) < 4.78 is 30.0. The van der Waals surface area contributed by atoms with Crippen LogP contribution in [0.4, 0.5) is 9.18 Å². The molecular weight excluding hydrogens is 469 g/mol. The maximum atomic E-state index is 13.9. The predicted octanol–water partition coefficient (Wildman–Crippen LogP) is 3.83. The Balaban J connectivity index is 1.43. The topological polar surface area (TPSA) is 120 Å². The second kappa shape index (κ2) is 11.3. The van der Waals surface area contributed by atoms with Gasteiger partial charge in [-0.1, -0.05) is 42.5 Å². The number of aryl methyl sites for hydroxylation is 1. The number of hydrogen-bond donors (Lipinski definition) is 2. The number of oxazole rings is 1. The Bertz CT molecular complexity index is 1290. The number of benzene rings is 2. The van der Waals surface area contributed by atoms with Crippen LogP contribution in [0.2, 0.25) is 0 Å². The number of amides is 2. The molecular formula is C26H24FN3O6. The number of nitrogens with one attached hydrogen (secondary N) is 2. The molecule has 0 saturated carbocycles. The number of aromatic nitrogens is 1. The van der Waals surface area contributed by atoms with Gasteiger partial charge in [0, 0.05) is 6.42 Å². The summed E-state index contributed by atoms with van der Waals surface area (Å²) in [6, 6.07) is 13.8. The summed E-state index contributed by atoms with van der Waals surface area (Å²) in [5.74, 6) is -1.17. The molecule has 0 aliphatic carbocycles. The lowest BCUT2D eigenvalue weighted by Gasteiger charge is -2.29. The van der Waals surface area contributed by atoms with E-state index in [9.17, 15) is 18.8 Å². The first-order valence-electron chi connectivity index (χ1n) is 11.3. The molecule has 1 aromatic heterocycles. The second-order valence-corrected chi connectivity index (χ2v) is 7.81. The van der Waals surface area contributed by atoms with Crippen molar-refractivity contribution in [1.29, 1.82) is 0 Å². The van der Waals surface area contributed by atoms with Gasteiger partial charge in [-0.3, -0.25) is 4.79 Å². The van der Waals surface area contributed by atoms with Gasteiger partial charge in [0.1, 0.15) is 12.4 Å². The first kappa shape index (κ1) is 24.6. The van der Waals surface area contributed by atoms with Crippen LogP contribution in [0.5, 0.6) is 0 Å². The molecule has 9 nitrogen and oxygen atoms in total. The number of ether oxygens (including phenoxy) is 2. The van der Waals surface area contributed by atoms with Crippen molar-refractivity contribution in [2.24, 2.45) is 0 Å². The van der Waals surface area contributed by atoms with Gasteiger partial charge in [0.05, 0.1) is 42.1 Å². The highest BCUT2D eigenvalue weighted by Gasteiger charge is 2.34. The second-order valence-electron chi connectivity index (χ2n) is 7.81. The Morgan fingerprint density at radius 2 is 1.83 bits per heavy atom. The van der Waals surface area contributed by atoms with Gasteiger partial charge < -0.3 is 24.5 Å². The maximum Gasteiger partial charge on any atom is 0.338 e. The van der Waals surface area contributed by atoms with E-state index in [1.165, 1.54) is 12.3 Å². The SMILES string of the molecule is CCOC(=O)C1=C(COC(=O)CCc2ncc(-c3ccccc3F)o2)NC(=O)NC1c1ccccc1. The molecule has 2 aromatic carbocycles. The Hall–Kier alpha value is -4.47. The number of urea groups is 1. The summed E-state index contributed by atoms with van der Waals surface area (Å²) in [6.07, 6.45) is 1.44. The van der Waals surface area contributed by atoms with E-state index >= 15 is 0 Å². The van der Waals surface area contributed by atoms with Crippen molar-refractivity contribution in [3.8, 4) is 11.3 Å². The summed E-state index contributed by atoms with van der Waals surface area (Å²) in [4.78, 5) is 41.5. The largest absolute Gasteiger partial charge is 0.463 e. The molecule has 1 aliphatic heterocycles. The van der Waals surface area contributed by atoms with E-state index in [4.69, 9.17) is 13.9 Å². The van der Waals surface area contributed by atoms with E-state index in [1.807, 2.05) is 6.07 Å². The number of carbonyl (C=O) groups is 3. The monoisotopic (exact) mass is 493 g/mol. The first-order chi connectivity index (χ1) is 17.5. The first-order valence-corrected chi connectivity index (χ1v) is 11.3. The molecule has 3 aromatic rings. The van der Waals surface area contributed by atoms with Crippen LogP contribution in [0.15, 0.2) is 76.5 Å². The molecule has 1 unspecified atom stereocenters. The van der Waals surface area contributed by atoms with Gasteiger partial charge in [-0.2, -0.15) is 0 Å². The van der Waals surface area contributed by atoms with Crippen LogP contribution in [0.1, 0.15) is 30.8 Å². The molecule has 0 saturated heterocycles. The fourth-order valence-corrected chi connectivity index (χ4v) is 3.72. The predicted molar refractivity (Wildman–Crippen MR) is 126 cm³/mol. The molecule has 2 heterocycles. The number of rotatable bonds is 9. The molecule has 1 atom stereocenters. The van der Waals surface area contributed by atoms with Crippen LogP contribution in [-0.4, -0.2) is 36.2 Å². The van der Waals surface area contributed by atoms with E-state index in [0.29, 0.717) is 5.56 Å². The van der Waals surface area contributed by atoms with Crippen molar-refractivity contribution in [3.05, 3.63) is 89.3 Å². The molecule has 10 heteroatoms. The van der Waals surface area contributed by atoms with Crippen molar-refractivity contribution >= 4 is 18.0 Å². The molecule has 4 rings (SSSR count). The lowest BCUT2D eigenvalue weighted by atomic mass is 9.95. The molecule has 2 N–H and O–H groups in total. The summed E-state index contributed by atoms with van der Waals surface area (Å²) >= 11 is 0. The van der Waals surface area contributed by atoms with Gasteiger partial charge in [0.2, 0.25) is 0 Å². The average molecular weight is 493 g/mol. The van der Waals surface area contributed by atoms with Crippen molar-refractivity contribution in [2.45, 2.75) is 25.8 Å². The molecule has 2 amide bonds. The van der Waals surface area contributed by atoms with E-state index < -0.39 is 29.8 Å². The minimum Gasteiger partial charge on any atom is -0.463 e. The van der Waals surface area contributed by atoms with Crippen LogP contribution in [-0.2, 0) is 25.5 Å². The van der Waals surface area contributed by atoms with Gasteiger partial charge in [-0.15, -0.1) is 0 Å². The summed E-state index contributed by atoms with van der Waals surface area (Å²) in [7, 11) is 0. The number of nitrogens with zero attached hydrogens (tertiary/aromatic N) is 1. The maximum absolute atomic E-state index is 13.9. The number of carbonyl (C=O) groups excluding carboxylic acids is 3. The van der Waals surface area contributed by atoms with E-state index in [-0.39, 0.29) is 54.5 Å². The summed E-state index contributed by atoms with van der Waals surface area (Å²) in [6.45, 7) is 1.47. The molecule has 0 fully saturated rings. The zero-order valence-corrected chi connectivity index (χ0v) is 19.5. The lowest BCUT2D eigenvalue weighted by molar-refractivity contribution is -0.143. The Labute approximate surface area is 206 Å². The van der Waals surface area contributed by atoms with Gasteiger partial charge in [-0.25, -0.2) is 19.0 Å². The quantitative estimate of drug-likeness (QED) is 0.435. The molecule has 36 heavy (non-hydrogen) atoms. The Morgan fingerprint density at radius 3 is 2.58 bits per heavy atom. The highest BCUT2D eigenvalue weighted by atomic mass is 19.1. The Morgan fingerprint density at radius 1 is 1.08 bits per heavy atom. The third-order valence-electron chi connectivity index (χ3n) is 5.40. The van der Waals surface area contributed by atoms with E-state index in [2.05, 4.69) is 15.6 Å². The van der Waals surface area contributed by atoms with Crippen LogP contribution in [0.3, 0.4) is 0 Å². The van der Waals surface area contributed by atoms with Crippen molar-refractivity contribution in [1.82, 2.24) is 15.6 Å². The third kappa shape index (κ3) is 5.77. The molecule has 0 radical (unpaired) electrons. The standard InChI is InChI=1S/C26H24FN3O6/c1-2-34-25(32)23-19(29-26(33)30-24(23)16-8-4-3-5-9-16)15-35-22(31)13-12-21-28-14-20(36-21)17-10-6-7-11-18(17)27/h3-11,14,24H,2,12-13,15H2,1H3,(H2,29,30,33). The van der Waals surface area contributed by atoms with Crippen LogP contribution < -0.4 is 10.6 Å². The van der Waals surface area contributed by atoms with Crippen LogP contribution in [0.25, 0.3) is 11.3 Å². The smallest absolute Gasteiger partial charge is 0.338 e. The minimum absolute atomic E-state index is 0.0758. The van der Waals surface area contributed by atoms with Gasteiger partial charge in [0.15, 0.2) is 11.7 Å². The number of halogens is 1. The van der Waals surface area contributed by atoms with Gasteiger partial charge in [0.25, 0.3) is 0 Å². The third-order valence-corrected chi connectivity index (χ3v) is 5.40. The van der Waals surface area contributed by atoms with E-state index in [0.717, 1.165) is 0 Å². The lowest BCUT2D eigenvalue weighted by Crippen LogP contribution is -2.47. The normalized spacial score (nSPS) is 15.2. The molecule has 0 bridgehead atoms. The average Bonchev–Trinajstić information content (AvgIpc) is 3.35. The number of esters is 2. The van der Waals surface area contributed by atoms with Crippen molar-refractivity contribution < 1.29 is 32.7 Å². The minimum atomic E-state index is -0.767. The molecule has 0 spiro atoms. The summed E-state index contributed by atoms with van der Waals surface area (Å²) in [5, 5.41) is 5.26. The summed E-state index contributed by atoms with van der Waals surface area (Å²) in [5.41, 5.74) is 1.23. The molecule has 1 aliphatic rings. The molecule has 186 valence electrons. The fraction of sp³-hybridized carbons (Fsp3) is 0.231. The Kier molecular flexibility index (Phi) is 7.74. The zero-order valence-electron chi connectivity index (χ0n) is 19.5. The van der Waals surface area contributed by atoms with Crippen LogP contribution in [0, 0.1) is 5.82 Å². The van der Waals surface area contributed by atoms with Crippen LogP contribution >= 0.6 is 0 Å². The van der Waals surface area contributed by atoms with Crippen molar-refractivity contribution in [3.63, 3.8) is 0 Å². The van der Waals surface area contributed by atoms with Gasteiger partial charge in [-0.05, 0) is 24.6 Å². The van der Waals surface area contributed by atoms with Crippen molar-refractivity contribution in [2.75, 3.05) is 13.2 Å². The highest BCUT2D eigenvalue weighted by Crippen LogP contribution is 2.28. The zero-order chi connectivity index (χ0) is 25.5. The fourth-order valence-electron chi connectivity index (χ4n) is 3.72. The van der Waals surface area contributed by atoms with Gasteiger partial charge >= 0.3 is 18.0 Å². The van der Waals surface area contributed by atoms with E-state index in [1.54, 1.807) is 49.4 Å². The highest BCUT2D eigenvalue weighted by molar-refractivity contribution is 5.95. The number of hydrogen-bond acceptors (Lipinski definition) is 7.